The fourth-order valence-corrected chi connectivity index (χ4v) is 3.03. The van der Waals surface area contributed by atoms with Gasteiger partial charge >= 0.3 is 0 Å². The maximum absolute atomic E-state index is 12.5. The van der Waals surface area contributed by atoms with Gasteiger partial charge in [0.05, 0.1) is 13.1 Å². The number of benzene rings is 1. The molecule has 0 fully saturated rings. The van der Waals surface area contributed by atoms with Crippen LogP contribution in [0.15, 0.2) is 40.8 Å². The summed E-state index contributed by atoms with van der Waals surface area (Å²) in [4.78, 5) is 16.4. The molecule has 4 heteroatoms. The van der Waals surface area contributed by atoms with E-state index < -0.39 is 0 Å². The molecule has 0 spiro atoms. The van der Waals surface area contributed by atoms with E-state index in [-0.39, 0.29) is 5.91 Å². The second-order valence-corrected chi connectivity index (χ2v) is 6.07. The van der Waals surface area contributed by atoms with Crippen molar-refractivity contribution in [1.29, 1.82) is 0 Å². The number of anilines is 1. The molecule has 4 nitrogen and oxygen atoms in total. The van der Waals surface area contributed by atoms with Crippen molar-refractivity contribution in [2.24, 2.45) is 0 Å². The average Bonchev–Trinajstić information content (AvgIpc) is 3.03. The first-order valence-electron chi connectivity index (χ1n) is 7.68. The first-order chi connectivity index (χ1) is 10.5. The Balaban J connectivity index is 1.66. The predicted molar refractivity (Wildman–Crippen MR) is 86.9 cm³/mol. The molecule has 0 saturated carbocycles. The van der Waals surface area contributed by atoms with Crippen LogP contribution in [0.25, 0.3) is 0 Å². The van der Waals surface area contributed by atoms with Crippen molar-refractivity contribution < 1.29 is 9.21 Å². The standard InChI is InChI=1S/C18H22N2O2/c1-13-10-15-6-4-5-7-17(15)20(13)12-18(21)19(3)11-16-9-8-14(2)22-16/h4-9,13H,10-12H2,1-3H3. The maximum atomic E-state index is 12.5. The molecular weight excluding hydrogens is 276 g/mol. The SMILES string of the molecule is Cc1ccc(CN(C)C(=O)CN2c3ccccc3CC2C)o1. The summed E-state index contributed by atoms with van der Waals surface area (Å²) in [5.74, 6) is 1.80. The molecule has 22 heavy (non-hydrogen) atoms. The van der Waals surface area contributed by atoms with E-state index in [1.54, 1.807) is 4.90 Å². The molecule has 1 aliphatic heterocycles. The summed E-state index contributed by atoms with van der Waals surface area (Å²) in [6.07, 6.45) is 1.00. The summed E-state index contributed by atoms with van der Waals surface area (Å²) in [6, 6.07) is 12.5. The van der Waals surface area contributed by atoms with Crippen molar-refractivity contribution in [2.45, 2.75) is 32.9 Å². The van der Waals surface area contributed by atoms with Crippen molar-refractivity contribution >= 4 is 11.6 Å². The second-order valence-electron chi connectivity index (χ2n) is 6.07. The number of hydrogen-bond donors (Lipinski definition) is 0. The highest BCUT2D eigenvalue weighted by Crippen LogP contribution is 2.31. The van der Waals surface area contributed by atoms with Gasteiger partial charge in [-0.05, 0) is 44.0 Å². The molecule has 1 aliphatic rings. The number of furan rings is 1. The molecule has 0 radical (unpaired) electrons. The summed E-state index contributed by atoms with van der Waals surface area (Å²) < 4.78 is 5.54. The van der Waals surface area contributed by atoms with E-state index in [0.29, 0.717) is 19.1 Å². The molecular formula is C18H22N2O2. The lowest BCUT2D eigenvalue weighted by atomic mass is 10.1. The predicted octanol–water partition coefficient (Wildman–Crippen LogP) is 3.00. The molecule has 0 bridgehead atoms. The minimum atomic E-state index is 0.109. The van der Waals surface area contributed by atoms with Gasteiger partial charge in [0.25, 0.3) is 0 Å². The Bertz CT molecular complexity index is 677. The van der Waals surface area contributed by atoms with Gasteiger partial charge in [-0.3, -0.25) is 4.79 Å². The van der Waals surface area contributed by atoms with Crippen LogP contribution in [-0.4, -0.2) is 30.4 Å². The molecule has 0 aliphatic carbocycles. The number of hydrogen-bond acceptors (Lipinski definition) is 3. The van der Waals surface area contributed by atoms with Crippen molar-refractivity contribution in [3.05, 3.63) is 53.5 Å². The number of aryl methyl sites for hydroxylation is 1. The summed E-state index contributed by atoms with van der Waals surface area (Å²) in [7, 11) is 1.83. The van der Waals surface area contributed by atoms with Gasteiger partial charge in [-0.1, -0.05) is 18.2 Å². The molecule has 1 unspecified atom stereocenters. The topological polar surface area (TPSA) is 36.7 Å². The molecule has 116 valence electrons. The number of likely N-dealkylation sites (N-methyl/N-ethyl adjacent to an activating group) is 1. The fraction of sp³-hybridized carbons (Fsp3) is 0.389. The maximum Gasteiger partial charge on any atom is 0.242 e. The van der Waals surface area contributed by atoms with Gasteiger partial charge in [0.15, 0.2) is 0 Å². The largest absolute Gasteiger partial charge is 0.464 e. The van der Waals surface area contributed by atoms with Crippen molar-refractivity contribution in [2.75, 3.05) is 18.5 Å². The van der Waals surface area contributed by atoms with Crippen LogP contribution >= 0.6 is 0 Å². The second kappa shape index (κ2) is 5.87. The Morgan fingerprint density at radius 1 is 1.32 bits per heavy atom. The van der Waals surface area contributed by atoms with Crippen molar-refractivity contribution in [3.8, 4) is 0 Å². The van der Waals surface area contributed by atoms with E-state index in [0.717, 1.165) is 17.9 Å². The van der Waals surface area contributed by atoms with Crippen LogP contribution in [-0.2, 0) is 17.8 Å². The third kappa shape index (κ3) is 2.86. The quantitative estimate of drug-likeness (QED) is 0.870. The van der Waals surface area contributed by atoms with Gasteiger partial charge < -0.3 is 14.2 Å². The Hall–Kier alpha value is -2.23. The lowest BCUT2D eigenvalue weighted by Crippen LogP contribution is -2.40. The lowest BCUT2D eigenvalue weighted by Gasteiger charge is -2.26. The number of carbonyl (C=O) groups is 1. The number of nitrogens with zero attached hydrogens (tertiary/aromatic N) is 2. The zero-order valence-corrected chi connectivity index (χ0v) is 13.4. The third-order valence-corrected chi connectivity index (χ3v) is 4.27. The number of fused-ring (bicyclic) bond motifs is 1. The molecule has 0 N–H and O–H groups in total. The van der Waals surface area contributed by atoms with E-state index in [9.17, 15) is 4.79 Å². The third-order valence-electron chi connectivity index (χ3n) is 4.27. The van der Waals surface area contributed by atoms with Crippen LogP contribution < -0.4 is 4.90 Å². The molecule has 2 aromatic rings. The highest BCUT2D eigenvalue weighted by molar-refractivity contribution is 5.82. The van der Waals surface area contributed by atoms with E-state index >= 15 is 0 Å². The Kier molecular flexibility index (Phi) is 3.92. The highest BCUT2D eigenvalue weighted by atomic mass is 16.3. The van der Waals surface area contributed by atoms with E-state index in [4.69, 9.17) is 4.42 Å². The van der Waals surface area contributed by atoms with Crippen LogP contribution in [0.5, 0.6) is 0 Å². The zero-order chi connectivity index (χ0) is 15.7. The van der Waals surface area contributed by atoms with Gasteiger partial charge in [-0.15, -0.1) is 0 Å². The first kappa shape index (κ1) is 14.7. The van der Waals surface area contributed by atoms with Gasteiger partial charge in [0.1, 0.15) is 11.5 Å². The Morgan fingerprint density at radius 2 is 2.09 bits per heavy atom. The lowest BCUT2D eigenvalue weighted by molar-refractivity contribution is -0.129. The summed E-state index contributed by atoms with van der Waals surface area (Å²) in [5.41, 5.74) is 2.51. The summed E-state index contributed by atoms with van der Waals surface area (Å²) in [5, 5.41) is 0. The molecule has 0 saturated heterocycles. The molecule has 3 rings (SSSR count). The average molecular weight is 298 g/mol. The minimum absolute atomic E-state index is 0.109. The van der Waals surface area contributed by atoms with E-state index in [2.05, 4.69) is 30.0 Å². The van der Waals surface area contributed by atoms with Gasteiger partial charge in [0, 0.05) is 18.8 Å². The van der Waals surface area contributed by atoms with Crippen LogP contribution in [0.1, 0.15) is 24.0 Å². The van der Waals surface area contributed by atoms with Crippen LogP contribution in [0.4, 0.5) is 5.69 Å². The zero-order valence-electron chi connectivity index (χ0n) is 13.4. The monoisotopic (exact) mass is 298 g/mol. The van der Waals surface area contributed by atoms with Crippen molar-refractivity contribution in [1.82, 2.24) is 4.90 Å². The minimum Gasteiger partial charge on any atom is -0.464 e. The molecule has 1 aromatic carbocycles. The van der Waals surface area contributed by atoms with Gasteiger partial charge in [-0.25, -0.2) is 0 Å². The van der Waals surface area contributed by atoms with Gasteiger partial charge in [-0.2, -0.15) is 0 Å². The molecule has 1 atom stereocenters. The van der Waals surface area contributed by atoms with Crippen LogP contribution in [0.3, 0.4) is 0 Å². The smallest absolute Gasteiger partial charge is 0.242 e. The van der Waals surface area contributed by atoms with Crippen LogP contribution in [0, 0.1) is 6.92 Å². The summed E-state index contributed by atoms with van der Waals surface area (Å²) >= 11 is 0. The molecule has 1 aromatic heterocycles. The van der Waals surface area contributed by atoms with E-state index in [1.165, 1.54) is 11.3 Å². The fourth-order valence-electron chi connectivity index (χ4n) is 3.03. The first-order valence-corrected chi connectivity index (χ1v) is 7.68. The van der Waals surface area contributed by atoms with E-state index in [1.807, 2.05) is 32.2 Å². The normalized spacial score (nSPS) is 16.7. The number of rotatable bonds is 4. The Labute approximate surface area is 131 Å². The molecule has 1 amide bonds. The van der Waals surface area contributed by atoms with Crippen LogP contribution in [0.2, 0.25) is 0 Å². The highest BCUT2D eigenvalue weighted by Gasteiger charge is 2.28. The number of carbonyl (C=O) groups excluding carboxylic acids is 1. The van der Waals surface area contributed by atoms with Crippen molar-refractivity contribution in [3.63, 3.8) is 0 Å². The number of para-hydroxylation sites is 1. The molecule has 2 heterocycles. The van der Waals surface area contributed by atoms with Gasteiger partial charge in [0.2, 0.25) is 5.91 Å². The summed E-state index contributed by atoms with van der Waals surface area (Å²) in [6.45, 7) is 5.00. The number of amides is 1. The Morgan fingerprint density at radius 3 is 2.82 bits per heavy atom.